The van der Waals surface area contributed by atoms with Gasteiger partial charge in [-0.25, -0.2) is 4.79 Å². The molecule has 0 spiro atoms. The van der Waals surface area contributed by atoms with Crippen molar-refractivity contribution in [2.24, 2.45) is 0 Å². The van der Waals surface area contributed by atoms with E-state index in [2.05, 4.69) is 21.2 Å². The van der Waals surface area contributed by atoms with Crippen LogP contribution in [0.2, 0.25) is 0 Å². The second-order valence-corrected chi connectivity index (χ2v) is 6.37. The van der Waals surface area contributed by atoms with Gasteiger partial charge in [0.2, 0.25) is 0 Å². The van der Waals surface area contributed by atoms with Gasteiger partial charge in [-0.15, -0.1) is 0 Å². The lowest BCUT2D eigenvalue weighted by molar-refractivity contribution is 0.0525. The molecular weight excluding hydrogens is 322 g/mol. The van der Waals surface area contributed by atoms with Crippen LogP contribution < -0.4 is 10.1 Å². The molecule has 1 N–H and O–H groups in total. The summed E-state index contributed by atoms with van der Waals surface area (Å²) in [6.07, 6.45) is 0.328. The van der Waals surface area contributed by atoms with E-state index in [0.29, 0.717) is 13.2 Å². The maximum atomic E-state index is 11.4. The van der Waals surface area contributed by atoms with E-state index in [4.69, 9.17) is 9.47 Å². The van der Waals surface area contributed by atoms with E-state index >= 15 is 0 Å². The average Bonchev–Trinajstić information content (AvgIpc) is 2.29. The number of carbonyl (C=O) groups is 1. The molecule has 4 nitrogen and oxygen atoms in total. The number of alkyl carbamates (subject to hydrolysis) is 1. The van der Waals surface area contributed by atoms with Gasteiger partial charge < -0.3 is 14.8 Å². The van der Waals surface area contributed by atoms with Crippen LogP contribution in [0.1, 0.15) is 32.8 Å². The van der Waals surface area contributed by atoms with Crippen molar-refractivity contribution >= 4 is 22.0 Å². The molecule has 0 saturated carbocycles. The van der Waals surface area contributed by atoms with Gasteiger partial charge in [-0.1, -0.05) is 12.1 Å². The highest BCUT2D eigenvalue weighted by Crippen LogP contribution is 2.28. The van der Waals surface area contributed by atoms with Crippen molar-refractivity contribution in [2.75, 3.05) is 13.2 Å². The third-order valence-electron chi connectivity index (χ3n) is 2.40. The Labute approximate surface area is 129 Å². The van der Waals surface area contributed by atoms with Crippen molar-refractivity contribution in [1.82, 2.24) is 5.32 Å². The normalized spacial score (nSPS) is 11.1. The summed E-state index contributed by atoms with van der Waals surface area (Å²) in [7, 11) is 0. The number of halogens is 1. The summed E-state index contributed by atoms with van der Waals surface area (Å²) in [6, 6.07) is 5.91. The molecule has 0 atom stereocenters. The standard InChI is InChI=1S/C15H22BrNO3/c1-11-7-5-8-12(16)13(11)19-10-6-9-17-14(18)20-15(2,3)4/h5,7-8H,6,9-10H2,1-4H3,(H,17,18). The number of benzene rings is 1. The smallest absolute Gasteiger partial charge is 0.407 e. The third kappa shape index (κ3) is 6.28. The lowest BCUT2D eigenvalue weighted by atomic mass is 10.2. The Morgan fingerprint density at radius 2 is 2.05 bits per heavy atom. The number of rotatable bonds is 5. The van der Waals surface area contributed by atoms with Crippen molar-refractivity contribution in [3.8, 4) is 5.75 Å². The van der Waals surface area contributed by atoms with Crippen LogP contribution in [0.5, 0.6) is 5.75 Å². The SMILES string of the molecule is Cc1cccc(Br)c1OCCCNC(=O)OC(C)(C)C. The van der Waals surface area contributed by atoms with E-state index in [0.717, 1.165) is 22.2 Å². The summed E-state index contributed by atoms with van der Waals surface area (Å²) < 4.78 is 11.8. The molecule has 0 radical (unpaired) electrons. The summed E-state index contributed by atoms with van der Waals surface area (Å²) in [4.78, 5) is 11.4. The number of carbonyl (C=O) groups excluding carboxylic acids is 1. The Bertz CT molecular complexity index is 435. The molecule has 1 rings (SSSR count). The van der Waals surface area contributed by atoms with Gasteiger partial charge in [0, 0.05) is 6.54 Å². The van der Waals surface area contributed by atoms with Gasteiger partial charge in [-0.05, 0) is 61.7 Å². The van der Waals surface area contributed by atoms with E-state index in [-0.39, 0.29) is 0 Å². The molecule has 0 heterocycles. The number of amides is 1. The van der Waals surface area contributed by atoms with Crippen molar-refractivity contribution < 1.29 is 14.3 Å². The lowest BCUT2D eigenvalue weighted by Gasteiger charge is -2.19. The summed E-state index contributed by atoms with van der Waals surface area (Å²) in [5.41, 5.74) is 0.617. The van der Waals surface area contributed by atoms with Crippen LogP contribution in [-0.4, -0.2) is 24.8 Å². The predicted molar refractivity (Wildman–Crippen MR) is 83.2 cm³/mol. The molecule has 1 amide bonds. The fourth-order valence-electron chi connectivity index (χ4n) is 1.55. The van der Waals surface area contributed by atoms with Crippen molar-refractivity contribution in [3.63, 3.8) is 0 Å². The van der Waals surface area contributed by atoms with E-state index in [1.165, 1.54) is 0 Å². The molecule has 5 heteroatoms. The highest BCUT2D eigenvalue weighted by atomic mass is 79.9. The molecule has 112 valence electrons. The van der Waals surface area contributed by atoms with Crippen molar-refractivity contribution in [2.45, 2.75) is 39.7 Å². The lowest BCUT2D eigenvalue weighted by Crippen LogP contribution is -2.33. The zero-order chi connectivity index (χ0) is 15.2. The first-order chi connectivity index (χ1) is 9.29. The Balaban J connectivity index is 2.24. The van der Waals surface area contributed by atoms with Crippen LogP contribution in [0.3, 0.4) is 0 Å². The Morgan fingerprint density at radius 3 is 2.65 bits per heavy atom. The van der Waals surface area contributed by atoms with Crippen LogP contribution in [0, 0.1) is 6.92 Å². The first-order valence-corrected chi connectivity index (χ1v) is 7.43. The number of ether oxygens (including phenoxy) is 2. The molecule has 0 aliphatic heterocycles. The minimum absolute atomic E-state index is 0.394. The Kier molecular flexibility index (Phi) is 6.33. The van der Waals surface area contributed by atoms with Gasteiger partial charge in [-0.3, -0.25) is 0 Å². The largest absolute Gasteiger partial charge is 0.492 e. The molecule has 1 aromatic rings. The molecule has 0 unspecified atom stereocenters. The molecular formula is C15H22BrNO3. The molecule has 0 fully saturated rings. The topological polar surface area (TPSA) is 47.6 Å². The molecule has 0 aliphatic carbocycles. The van der Waals surface area contributed by atoms with Gasteiger partial charge in [0.1, 0.15) is 11.4 Å². The molecule has 0 aromatic heterocycles. The predicted octanol–water partition coefficient (Wildman–Crippen LogP) is 4.05. The molecule has 1 aromatic carbocycles. The van der Waals surface area contributed by atoms with Crippen LogP contribution >= 0.6 is 15.9 Å². The van der Waals surface area contributed by atoms with E-state index < -0.39 is 11.7 Å². The quantitative estimate of drug-likeness (QED) is 0.820. The zero-order valence-electron chi connectivity index (χ0n) is 12.5. The van der Waals surface area contributed by atoms with Gasteiger partial charge in [-0.2, -0.15) is 0 Å². The van der Waals surface area contributed by atoms with E-state index in [9.17, 15) is 4.79 Å². The van der Waals surface area contributed by atoms with Crippen molar-refractivity contribution in [3.05, 3.63) is 28.2 Å². The molecule has 0 aliphatic rings. The second-order valence-electron chi connectivity index (χ2n) is 5.52. The molecule has 0 saturated heterocycles. The Morgan fingerprint density at radius 1 is 1.35 bits per heavy atom. The number of nitrogens with one attached hydrogen (secondary N) is 1. The summed E-state index contributed by atoms with van der Waals surface area (Å²) in [5.74, 6) is 0.852. The highest BCUT2D eigenvalue weighted by Gasteiger charge is 2.15. The summed E-state index contributed by atoms with van der Waals surface area (Å²) in [6.45, 7) is 8.58. The number of hydrogen-bond donors (Lipinski definition) is 1. The molecule has 20 heavy (non-hydrogen) atoms. The van der Waals surface area contributed by atoms with Gasteiger partial charge in [0.05, 0.1) is 11.1 Å². The second kappa shape index (κ2) is 7.53. The maximum absolute atomic E-state index is 11.4. The minimum Gasteiger partial charge on any atom is -0.492 e. The van der Waals surface area contributed by atoms with Gasteiger partial charge in [0.25, 0.3) is 0 Å². The van der Waals surface area contributed by atoms with Crippen molar-refractivity contribution in [1.29, 1.82) is 0 Å². The number of aryl methyl sites for hydroxylation is 1. The summed E-state index contributed by atoms with van der Waals surface area (Å²) >= 11 is 3.46. The van der Waals surface area contributed by atoms with Gasteiger partial charge >= 0.3 is 6.09 Å². The van der Waals surface area contributed by atoms with Crippen LogP contribution in [0.15, 0.2) is 22.7 Å². The number of hydrogen-bond acceptors (Lipinski definition) is 3. The van der Waals surface area contributed by atoms with Crippen LogP contribution in [0.4, 0.5) is 4.79 Å². The van der Waals surface area contributed by atoms with E-state index in [1.54, 1.807) is 0 Å². The summed E-state index contributed by atoms with van der Waals surface area (Å²) in [5, 5.41) is 2.70. The van der Waals surface area contributed by atoms with Gasteiger partial charge in [0.15, 0.2) is 0 Å². The first-order valence-electron chi connectivity index (χ1n) is 6.64. The zero-order valence-corrected chi connectivity index (χ0v) is 14.0. The fraction of sp³-hybridized carbons (Fsp3) is 0.533. The average molecular weight is 344 g/mol. The Hall–Kier alpha value is -1.23. The monoisotopic (exact) mass is 343 g/mol. The maximum Gasteiger partial charge on any atom is 0.407 e. The highest BCUT2D eigenvalue weighted by molar-refractivity contribution is 9.10. The van der Waals surface area contributed by atoms with Crippen LogP contribution in [-0.2, 0) is 4.74 Å². The first kappa shape index (κ1) is 16.8. The van der Waals surface area contributed by atoms with Crippen LogP contribution in [0.25, 0.3) is 0 Å². The minimum atomic E-state index is -0.466. The third-order valence-corrected chi connectivity index (χ3v) is 3.02. The number of para-hydroxylation sites is 1. The fourth-order valence-corrected chi connectivity index (χ4v) is 2.13. The van der Waals surface area contributed by atoms with E-state index in [1.807, 2.05) is 45.9 Å². The molecule has 0 bridgehead atoms.